The first-order valence-corrected chi connectivity index (χ1v) is 6.85. The van der Waals surface area contributed by atoms with E-state index < -0.39 is 0 Å². The molecule has 0 saturated heterocycles. The number of aromatic nitrogens is 2. The number of thioether (sulfide) groups is 1. The van der Waals surface area contributed by atoms with Gasteiger partial charge in [-0.3, -0.25) is 4.98 Å². The molecule has 0 aliphatic heterocycles. The number of hydrogen-bond acceptors (Lipinski definition) is 6. The fourth-order valence-electron chi connectivity index (χ4n) is 1.50. The molecule has 2 rings (SSSR count). The summed E-state index contributed by atoms with van der Waals surface area (Å²) < 4.78 is 5.59. The molecule has 1 aliphatic carbocycles. The summed E-state index contributed by atoms with van der Waals surface area (Å²) in [5.74, 6) is 1.17. The molecule has 1 aromatic rings. The first-order chi connectivity index (χ1) is 8.28. The van der Waals surface area contributed by atoms with E-state index in [1.807, 2.05) is 11.8 Å². The summed E-state index contributed by atoms with van der Waals surface area (Å²) in [7, 11) is 0. The van der Waals surface area contributed by atoms with Crippen LogP contribution in [0.1, 0.15) is 12.8 Å². The van der Waals surface area contributed by atoms with Crippen molar-refractivity contribution in [1.82, 2.24) is 9.97 Å². The van der Waals surface area contributed by atoms with Gasteiger partial charge >= 0.3 is 0 Å². The van der Waals surface area contributed by atoms with Gasteiger partial charge in [0.05, 0.1) is 19.0 Å². The summed E-state index contributed by atoms with van der Waals surface area (Å²) in [6.07, 6.45) is 7.89. The van der Waals surface area contributed by atoms with Crippen molar-refractivity contribution in [3.63, 3.8) is 0 Å². The summed E-state index contributed by atoms with van der Waals surface area (Å²) in [5, 5.41) is 11.9. The maximum atomic E-state index is 8.66. The fourth-order valence-corrected chi connectivity index (χ4v) is 2.22. The Kier molecular flexibility index (Phi) is 4.06. The van der Waals surface area contributed by atoms with E-state index in [0.29, 0.717) is 10.6 Å². The third-order valence-corrected chi connectivity index (χ3v) is 4.20. The Morgan fingerprint density at radius 2 is 2.35 bits per heavy atom. The largest absolute Gasteiger partial charge is 0.474 e. The van der Waals surface area contributed by atoms with Crippen LogP contribution in [0.5, 0.6) is 5.88 Å². The highest BCUT2D eigenvalue weighted by atomic mass is 32.2. The van der Waals surface area contributed by atoms with Crippen LogP contribution in [0, 0.1) is 0 Å². The molecule has 1 aliphatic rings. The smallest absolute Gasteiger partial charge is 0.234 e. The molecular weight excluding hydrogens is 238 g/mol. The lowest BCUT2D eigenvalue weighted by atomic mass is 10.4. The number of hydrogen-bond donors (Lipinski definition) is 2. The molecule has 0 spiro atoms. The van der Waals surface area contributed by atoms with Crippen molar-refractivity contribution in [3.8, 4) is 5.88 Å². The van der Waals surface area contributed by atoms with Crippen LogP contribution in [0.3, 0.4) is 0 Å². The molecule has 5 nitrogen and oxygen atoms in total. The predicted octanol–water partition coefficient (Wildman–Crippen LogP) is 1.16. The number of aliphatic hydroxyl groups is 1. The molecule has 1 heterocycles. The zero-order valence-electron chi connectivity index (χ0n) is 9.85. The minimum Gasteiger partial charge on any atom is -0.474 e. The van der Waals surface area contributed by atoms with E-state index in [2.05, 4.69) is 21.5 Å². The number of ether oxygens (including phenoxy) is 1. The Labute approximate surface area is 105 Å². The monoisotopic (exact) mass is 255 g/mol. The van der Waals surface area contributed by atoms with Gasteiger partial charge in [-0.25, -0.2) is 0 Å². The maximum Gasteiger partial charge on any atom is 0.234 e. The van der Waals surface area contributed by atoms with Gasteiger partial charge in [-0.05, 0) is 19.1 Å². The first kappa shape index (κ1) is 12.4. The molecule has 6 heteroatoms. The second-order valence-corrected chi connectivity index (χ2v) is 5.33. The minimum absolute atomic E-state index is 0.0189. The molecule has 0 amide bonds. The number of anilines is 1. The van der Waals surface area contributed by atoms with Crippen molar-refractivity contribution in [2.75, 3.05) is 31.3 Å². The normalized spacial score (nSPS) is 16.6. The van der Waals surface area contributed by atoms with Gasteiger partial charge in [0.1, 0.15) is 12.4 Å². The van der Waals surface area contributed by atoms with Gasteiger partial charge in [0, 0.05) is 11.3 Å². The van der Waals surface area contributed by atoms with Gasteiger partial charge < -0.3 is 15.2 Å². The molecule has 1 fully saturated rings. The van der Waals surface area contributed by atoms with Gasteiger partial charge in [0.25, 0.3) is 0 Å². The second-order valence-electron chi connectivity index (χ2n) is 4.06. The number of rotatable bonds is 7. The van der Waals surface area contributed by atoms with Gasteiger partial charge in [0.2, 0.25) is 5.88 Å². The molecule has 0 atom stereocenters. The average Bonchev–Trinajstić information content (AvgIpc) is 3.15. The van der Waals surface area contributed by atoms with Crippen LogP contribution < -0.4 is 10.1 Å². The minimum atomic E-state index is -0.0189. The van der Waals surface area contributed by atoms with Gasteiger partial charge in [0.15, 0.2) is 0 Å². The molecule has 2 N–H and O–H groups in total. The number of nitrogens with one attached hydrogen (secondary N) is 1. The summed E-state index contributed by atoms with van der Waals surface area (Å²) in [6, 6.07) is 0. The molecular formula is C11H17N3O2S. The lowest BCUT2D eigenvalue weighted by Gasteiger charge is -2.13. The Morgan fingerprint density at radius 1 is 1.53 bits per heavy atom. The van der Waals surface area contributed by atoms with Crippen molar-refractivity contribution in [2.45, 2.75) is 17.6 Å². The average molecular weight is 255 g/mol. The van der Waals surface area contributed by atoms with Crippen molar-refractivity contribution in [2.24, 2.45) is 0 Å². The molecule has 0 unspecified atom stereocenters. The van der Waals surface area contributed by atoms with Crippen LogP contribution in [0.4, 0.5) is 5.82 Å². The highest BCUT2D eigenvalue weighted by molar-refractivity contribution is 8.00. The van der Waals surface area contributed by atoms with E-state index in [4.69, 9.17) is 9.84 Å². The Morgan fingerprint density at radius 3 is 3.00 bits per heavy atom. The molecule has 17 heavy (non-hydrogen) atoms. The molecule has 0 bridgehead atoms. The SMILES string of the molecule is CSC1(CNc2cncc(OCCO)n2)CC1. The zero-order valence-corrected chi connectivity index (χ0v) is 10.7. The summed E-state index contributed by atoms with van der Waals surface area (Å²) in [5.41, 5.74) is 0. The standard InChI is InChI=1S/C11H17N3O2S/c1-17-11(2-3-11)8-13-9-6-12-7-10(14-9)16-5-4-15/h6-7,15H,2-5,8H2,1H3,(H,13,14). The lowest BCUT2D eigenvalue weighted by Crippen LogP contribution is -2.18. The third-order valence-electron chi connectivity index (χ3n) is 2.79. The van der Waals surface area contributed by atoms with Crippen LogP contribution in [0.2, 0.25) is 0 Å². The third kappa shape index (κ3) is 3.47. The van der Waals surface area contributed by atoms with Crippen molar-refractivity contribution < 1.29 is 9.84 Å². The fraction of sp³-hybridized carbons (Fsp3) is 0.636. The molecule has 1 aromatic heterocycles. The number of aliphatic hydroxyl groups excluding tert-OH is 1. The molecule has 1 saturated carbocycles. The van der Waals surface area contributed by atoms with E-state index in [9.17, 15) is 0 Å². The second kappa shape index (κ2) is 5.55. The number of nitrogens with zero attached hydrogens (tertiary/aromatic N) is 2. The van der Waals surface area contributed by atoms with Crippen molar-refractivity contribution >= 4 is 17.6 Å². The van der Waals surface area contributed by atoms with E-state index in [-0.39, 0.29) is 13.2 Å². The predicted molar refractivity (Wildman–Crippen MR) is 68.6 cm³/mol. The van der Waals surface area contributed by atoms with Crippen LogP contribution in [0.15, 0.2) is 12.4 Å². The van der Waals surface area contributed by atoms with Crippen molar-refractivity contribution in [1.29, 1.82) is 0 Å². The quantitative estimate of drug-likeness (QED) is 0.762. The van der Waals surface area contributed by atoms with E-state index in [1.54, 1.807) is 12.4 Å². The van der Waals surface area contributed by atoms with Crippen LogP contribution >= 0.6 is 11.8 Å². The summed E-state index contributed by atoms with van der Waals surface area (Å²) in [6.45, 7) is 1.13. The topological polar surface area (TPSA) is 67.3 Å². The van der Waals surface area contributed by atoms with Crippen LogP contribution in [0.25, 0.3) is 0 Å². The molecule has 94 valence electrons. The molecule has 0 radical (unpaired) electrons. The summed E-state index contributed by atoms with van der Waals surface area (Å²) >= 11 is 1.90. The summed E-state index contributed by atoms with van der Waals surface area (Å²) in [4.78, 5) is 8.31. The molecule has 0 aromatic carbocycles. The van der Waals surface area contributed by atoms with Gasteiger partial charge in [-0.15, -0.1) is 0 Å². The van der Waals surface area contributed by atoms with E-state index >= 15 is 0 Å². The zero-order chi connectivity index (χ0) is 12.1. The van der Waals surface area contributed by atoms with Crippen molar-refractivity contribution in [3.05, 3.63) is 12.4 Å². The van der Waals surface area contributed by atoms with Crippen LogP contribution in [-0.4, -0.2) is 45.8 Å². The first-order valence-electron chi connectivity index (χ1n) is 5.63. The highest BCUT2D eigenvalue weighted by Crippen LogP contribution is 2.46. The Bertz CT molecular complexity index is 371. The highest BCUT2D eigenvalue weighted by Gasteiger charge is 2.41. The van der Waals surface area contributed by atoms with Crippen LogP contribution in [-0.2, 0) is 0 Å². The maximum absolute atomic E-state index is 8.66. The van der Waals surface area contributed by atoms with Gasteiger partial charge in [-0.2, -0.15) is 16.7 Å². The Hall–Kier alpha value is -1.01. The lowest BCUT2D eigenvalue weighted by molar-refractivity contribution is 0.196. The Balaban J connectivity index is 1.87. The van der Waals surface area contributed by atoms with E-state index in [1.165, 1.54) is 12.8 Å². The van der Waals surface area contributed by atoms with E-state index in [0.717, 1.165) is 12.4 Å². The van der Waals surface area contributed by atoms with Gasteiger partial charge in [-0.1, -0.05) is 0 Å².